The number of aromatic amines is 1. The first-order valence-corrected chi connectivity index (χ1v) is 6.94. The molecule has 0 bridgehead atoms. The Labute approximate surface area is 118 Å². The van der Waals surface area contributed by atoms with Crippen LogP contribution < -0.4 is 10.3 Å². The smallest absolute Gasteiger partial charge is 0.252 e. The maximum absolute atomic E-state index is 11.8. The predicted octanol–water partition coefficient (Wildman–Crippen LogP) is 3.26. The van der Waals surface area contributed by atoms with Crippen molar-refractivity contribution < 1.29 is 4.74 Å². The van der Waals surface area contributed by atoms with Crippen LogP contribution in [-0.4, -0.2) is 11.6 Å². The van der Waals surface area contributed by atoms with Gasteiger partial charge in [-0.15, -0.1) is 0 Å². The van der Waals surface area contributed by atoms with E-state index in [0.717, 1.165) is 23.4 Å². The lowest BCUT2D eigenvalue weighted by atomic mass is 10.1. The molecule has 0 aliphatic heterocycles. The predicted molar refractivity (Wildman–Crippen MR) is 81.0 cm³/mol. The van der Waals surface area contributed by atoms with Crippen molar-refractivity contribution in [3.63, 3.8) is 0 Å². The minimum Gasteiger partial charge on any atom is -0.494 e. The summed E-state index contributed by atoms with van der Waals surface area (Å²) in [5.41, 5.74) is 2.31. The van der Waals surface area contributed by atoms with Crippen molar-refractivity contribution in [2.75, 3.05) is 6.61 Å². The van der Waals surface area contributed by atoms with E-state index in [1.54, 1.807) is 6.07 Å². The van der Waals surface area contributed by atoms with Gasteiger partial charge in [0.25, 0.3) is 5.56 Å². The molecular weight excluding hydrogens is 258 g/mol. The summed E-state index contributed by atoms with van der Waals surface area (Å²) < 4.78 is 5.59. The summed E-state index contributed by atoms with van der Waals surface area (Å²) >= 11 is 4.12. The average Bonchev–Trinajstić information content (AvgIpc) is 2.45. The number of H-pyrrole nitrogens is 1. The van der Waals surface area contributed by atoms with Crippen molar-refractivity contribution >= 4 is 12.6 Å². The Morgan fingerprint density at radius 2 is 2.11 bits per heavy atom. The first-order chi connectivity index (χ1) is 9.24. The molecule has 1 aromatic heterocycles. The highest BCUT2D eigenvalue weighted by molar-refractivity contribution is 7.79. The Hall–Kier alpha value is -1.68. The molecule has 4 heteroatoms. The highest BCUT2D eigenvalue weighted by atomic mass is 32.1. The highest BCUT2D eigenvalue weighted by Gasteiger charge is 2.03. The Morgan fingerprint density at radius 3 is 2.79 bits per heavy atom. The quantitative estimate of drug-likeness (QED) is 0.822. The van der Waals surface area contributed by atoms with E-state index in [9.17, 15) is 4.79 Å². The number of ether oxygens (including phenoxy) is 1. The van der Waals surface area contributed by atoms with Gasteiger partial charge in [0.15, 0.2) is 0 Å². The van der Waals surface area contributed by atoms with Crippen LogP contribution in [0.4, 0.5) is 0 Å². The van der Waals surface area contributed by atoms with Gasteiger partial charge in [-0.1, -0.05) is 25.1 Å². The second-order valence-corrected chi connectivity index (χ2v) is 4.58. The van der Waals surface area contributed by atoms with E-state index in [2.05, 4.69) is 24.5 Å². The summed E-state index contributed by atoms with van der Waals surface area (Å²) in [6, 6.07) is 11.4. The van der Waals surface area contributed by atoms with E-state index >= 15 is 0 Å². The van der Waals surface area contributed by atoms with E-state index in [1.165, 1.54) is 0 Å². The van der Waals surface area contributed by atoms with Gasteiger partial charge in [0, 0.05) is 22.6 Å². The van der Waals surface area contributed by atoms with Gasteiger partial charge in [0.1, 0.15) is 5.75 Å². The molecule has 0 fully saturated rings. The van der Waals surface area contributed by atoms with Gasteiger partial charge in [-0.05, 0) is 24.6 Å². The standard InChI is InChI=1S/C15H17NO2S/c1-2-8-18-13-5-3-4-11(9-13)14-7-6-12(10-19)15(17)16-14/h3-7,9,19H,2,8,10H2,1H3,(H,16,17). The molecule has 1 heterocycles. The molecule has 2 rings (SSSR count). The molecule has 0 radical (unpaired) electrons. The van der Waals surface area contributed by atoms with E-state index in [-0.39, 0.29) is 5.56 Å². The van der Waals surface area contributed by atoms with Gasteiger partial charge in [0.2, 0.25) is 0 Å². The van der Waals surface area contributed by atoms with Gasteiger partial charge in [-0.2, -0.15) is 12.6 Å². The van der Waals surface area contributed by atoms with Gasteiger partial charge < -0.3 is 9.72 Å². The van der Waals surface area contributed by atoms with Crippen LogP contribution in [0.3, 0.4) is 0 Å². The fraction of sp³-hybridized carbons (Fsp3) is 0.267. The molecule has 100 valence electrons. The first-order valence-electron chi connectivity index (χ1n) is 6.31. The van der Waals surface area contributed by atoms with Crippen LogP contribution >= 0.6 is 12.6 Å². The third kappa shape index (κ3) is 3.41. The molecule has 0 atom stereocenters. The lowest BCUT2D eigenvalue weighted by Gasteiger charge is -2.07. The lowest BCUT2D eigenvalue weighted by molar-refractivity contribution is 0.317. The van der Waals surface area contributed by atoms with Crippen molar-refractivity contribution in [1.82, 2.24) is 4.98 Å². The molecule has 0 aliphatic carbocycles. The zero-order valence-corrected chi connectivity index (χ0v) is 11.7. The Bertz CT molecular complexity index is 607. The van der Waals surface area contributed by atoms with E-state index < -0.39 is 0 Å². The van der Waals surface area contributed by atoms with E-state index in [4.69, 9.17) is 4.74 Å². The molecule has 0 amide bonds. The van der Waals surface area contributed by atoms with E-state index in [1.807, 2.05) is 30.3 Å². The molecule has 19 heavy (non-hydrogen) atoms. The van der Waals surface area contributed by atoms with Crippen LogP contribution in [0.1, 0.15) is 18.9 Å². The van der Waals surface area contributed by atoms with Gasteiger partial charge in [0.05, 0.1) is 6.61 Å². The maximum Gasteiger partial charge on any atom is 0.252 e. The van der Waals surface area contributed by atoms with Crippen LogP contribution in [-0.2, 0) is 5.75 Å². The number of nitrogens with one attached hydrogen (secondary N) is 1. The van der Waals surface area contributed by atoms with Gasteiger partial charge in [-0.25, -0.2) is 0 Å². The number of hydrogen-bond donors (Lipinski definition) is 2. The summed E-state index contributed by atoms with van der Waals surface area (Å²) in [7, 11) is 0. The average molecular weight is 275 g/mol. The van der Waals surface area contributed by atoms with Gasteiger partial charge >= 0.3 is 0 Å². The molecule has 0 spiro atoms. The van der Waals surface area contributed by atoms with Crippen LogP contribution in [0.2, 0.25) is 0 Å². The third-order valence-electron chi connectivity index (χ3n) is 2.78. The van der Waals surface area contributed by atoms with Gasteiger partial charge in [-0.3, -0.25) is 4.79 Å². The molecule has 1 N–H and O–H groups in total. The van der Waals surface area contributed by atoms with Crippen molar-refractivity contribution in [2.45, 2.75) is 19.1 Å². The number of pyridine rings is 1. The zero-order chi connectivity index (χ0) is 13.7. The molecule has 0 aliphatic rings. The fourth-order valence-electron chi connectivity index (χ4n) is 1.77. The monoisotopic (exact) mass is 275 g/mol. The Morgan fingerprint density at radius 1 is 1.26 bits per heavy atom. The fourth-order valence-corrected chi connectivity index (χ4v) is 2.02. The number of rotatable bonds is 5. The molecule has 0 saturated heterocycles. The number of thiol groups is 1. The topological polar surface area (TPSA) is 42.1 Å². The summed E-state index contributed by atoms with van der Waals surface area (Å²) in [4.78, 5) is 14.6. The first kappa shape index (κ1) is 13.7. The maximum atomic E-state index is 11.8. The summed E-state index contributed by atoms with van der Waals surface area (Å²) in [6.45, 7) is 2.76. The molecule has 0 unspecified atom stereocenters. The van der Waals surface area contributed by atoms with Crippen LogP contribution in [0.15, 0.2) is 41.2 Å². The minimum atomic E-state index is -0.0904. The minimum absolute atomic E-state index is 0.0904. The van der Waals surface area contributed by atoms with E-state index in [0.29, 0.717) is 17.9 Å². The highest BCUT2D eigenvalue weighted by Crippen LogP contribution is 2.21. The largest absolute Gasteiger partial charge is 0.494 e. The van der Waals surface area contributed by atoms with Crippen molar-refractivity contribution in [1.29, 1.82) is 0 Å². The Balaban J connectivity index is 2.31. The SMILES string of the molecule is CCCOc1cccc(-c2ccc(CS)c(=O)[nH]2)c1. The van der Waals surface area contributed by atoms with Crippen molar-refractivity contribution in [2.24, 2.45) is 0 Å². The van der Waals surface area contributed by atoms with Crippen LogP contribution in [0, 0.1) is 0 Å². The van der Waals surface area contributed by atoms with Crippen LogP contribution in [0.25, 0.3) is 11.3 Å². The van der Waals surface area contributed by atoms with Crippen LogP contribution in [0.5, 0.6) is 5.75 Å². The molecule has 0 saturated carbocycles. The van der Waals surface area contributed by atoms with Crippen molar-refractivity contribution in [3.05, 3.63) is 52.3 Å². The number of aromatic nitrogens is 1. The Kier molecular flexibility index (Phi) is 4.68. The second-order valence-electron chi connectivity index (χ2n) is 4.26. The van der Waals surface area contributed by atoms with Crippen molar-refractivity contribution in [3.8, 4) is 17.0 Å². The summed E-state index contributed by atoms with van der Waals surface area (Å²) in [6.07, 6.45) is 0.970. The normalized spacial score (nSPS) is 10.4. The third-order valence-corrected chi connectivity index (χ3v) is 3.12. The lowest BCUT2D eigenvalue weighted by Crippen LogP contribution is -2.11. The molecular formula is C15H17NO2S. The molecule has 3 nitrogen and oxygen atoms in total. The number of hydrogen-bond acceptors (Lipinski definition) is 3. The molecule has 1 aromatic carbocycles. The second kappa shape index (κ2) is 6.48. The summed E-state index contributed by atoms with van der Waals surface area (Å²) in [5.74, 6) is 1.26. The zero-order valence-electron chi connectivity index (χ0n) is 10.8. The number of benzene rings is 1. The molecule has 2 aromatic rings. The summed E-state index contributed by atoms with van der Waals surface area (Å²) in [5, 5.41) is 0.